The van der Waals surface area contributed by atoms with Crippen LogP contribution in [-0.4, -0.2) is 38.5 Å². The zero-order valence-electron chi connectivity index (χ0n) is 16.8. The molecule has 0 fully saturated rings. The number of hydrogen-bond donors (Lipinski definition) is 0. The van der Waals surface area contributed by atoms with Crippen molar-refractivity contribution in [3.8, 4) is 5.69 Å². The average molecular weight is 417 g/mol. The Balaban J connectivity index is 1.34. The first kappa shape index (κ1) is 19.1. The zero-order chi connectivity index (χ0) is 20.3. The van der Waals surface area contributed by atoms with Crippen molar-refractivity contribution < 1.29 is 4.79 Å². The summed E-state index contributed by atoms with van der Waals surface area (Å²) in [6.45, 7) is 0.646. The van der Waals surface area contributed by atoms with Crippen molar-refractivity contribution in [2.75, 3.05) is 12.3 Å². The van der Waals surface area contributed by atoms with Crippen LogP contribution in [0.25, 0.3) is 5.69 Å². The van der Waals surface area contributed by atoms with Crippen molar-refractivity contribution in [2.24, 2.45) is 5.10 Å². The summed E-state index contributed by atoms with van der Waals surface area (Å²) in [6.07, 6.45) is 5.25. The highest BCUT2D eigenvalue weighted by molar-refractivity contribution is 7.99. The number of thioether (sulfide) groups is 1. The van der Waals surface area contributed by atoms with Crippen LogP contribution in [0.4, 0.5) is 0 Å². The lowest BCUT2D eigenvalue weighted by molar-refractivity contribution is -0.127. The molecule has 1 amide bonds. The standard InChI is InChI=1S/C24H24N4OS/c29-23(27-16-15-20(26-27)18-9-3-1-4-10-18)17-30-24-25-21-13-7-8-14-22(21)28(24)19-11-5-2-6-12-19/h1-6,9-12H,7-8,13-17H2. The second-order valence-corrected chi connectivity index (χ2v) is 8.58. The predicted molar refractivity (Wildman–Crippen MR) is 120 cm³/mol. The summed E-state index contributed by atoms with van der Waals surface area (Å²) in [7, 11) is 0. The fourth-order valence-corrected chi connectivity index (χ4v) is 5.05. The van der Waals surface area contributed by atoms with Crippen LogP contribution >= 0.6 is 11.8 Å². The number of fused-ring (bicyclic) bond motifs is 1. The molecule has 5 nitrogen and oxygen atoms in total. The first-order chi connectivity index (χ1) is 14.8. The van der Waals surface area contributed by atoms with E-state index in [2.05, 4.69) is 21.8 Å². The lowest BCUT2D eigenvalue weighted by Gasteiger charge is -2.15. The molecule has 2 aliphatic rings. The van der Waals surface area contributed by atoms with Gasteiger partial charge in [0.1, 0.15) is 0 Å². The zero-order valence-corrected chi connectivity index (χ0v) is 17.6. The number of aryl methyl sites for hydroxylation is 1. The van der Waals surface area contributed by atoms with E-state index in [0.29, 0.717) is 12.3 Å². The SMILES string of the molecule is O=C(CSc1nc2c(n1-c1ccccc1)CCCC2)N1CCC(c2ccccc2)=N1. The van der Waals surface area contributed by atoms with E-state index < -0.39 is 0 Å². The first-order valence-corrected chi connectivity index (χ1v) is 11.5. The average Bonchev–Trinajstić information content (AvgIpc) is 3.44. The van der Waals surface area contributed by atoms with Gasteiger partial charge in [-0.15, -0.1) is 0 Å². The van der Waals surface area contributed by atoms with E-state index in [1.165, 1.54) is 36.0 Å². The molecular formula is C24H24N4OS. The lowest BCUT2D eigenvalue weighted by Crippen LogP contribution is -2.25. The summed E-state index contributed by atoms with van der Waals surface area (Å²) >= 11 is 1.52. The van der Waals surface area contributed by atoms with Gasteiger partial charge in [0.25, 0.3) is 5.91 Å². The van der Waals surface area contributed by atoms with E-state index in [1.54, 1.807) is 5.01 Å². The quantitative estimate of drug-likeness (QED) is 0.576. The summed E-state index contributed by atoms with van der Waals surface area (Å²) < 4.78 is 2.25. The largest absolute Gasteiger partial charge is 0.292 e. The van der Waals surface area contributed by atoms with Crippen molar-refractivity contribution in [3.63, 3.8) is 0 Å². The molecule has 30 heavy (non-hydrogen) atoms. The van der Waals surface area contributed by atoms with Crippen LogP contribution in [0.5, 0.6) is 0 Å². The van der Waals surface area contributed by atoms with Gasteiger partial charge in [0.15, 0.2) is 5.16 Å². The molecule has 0 atom stereocenters. The van der Waals surface area contributed by atoms with E-state index in [4.69, 9.17) is 4.98 Å². The van der Waals surface area contributed by atoms with Gasteiger partial charge in [0.05, 0.1) is 23.7 Å². The van der Waals surface area contributed by atoms with Crippen LogP contribution < -0.4 is 0 Å². The highest BCUT2D eigenvalue weighted by Crippen LogP contribution is 2.31. The van der Waals surface area contributed by atoms with Gasteiger partial charge in [-0.3, -0.25) is 9.36 Å². The molecule has 3 aromatic rings. The Bertz CT molecular complexity index is 1080. The van der Waals surface area contributed by atoms with Gasteiger partial charge < -0.3 is 0 Å². The Morgan fingerprint density at radius 3 is 2.47 bits per heavy atom. The van der Waals surface area contributed by atoms with Gasteiger partial charge in [-0.25, -0.2) is 9.99 Å². The number of hydrogen-bond acceptors (Lipinski definition) is 4. The molecule has 0 unspecified atom stereocenters. The summed E-state index contributed by atoms with van der Waals surface area (Å²) in [5.41, 5.74) is 5.68. The number of carbonyl (C=O) groups excluding carboxylic acids is 1. The van der Waals surface area contributed by atoms with Gasteiger partial charge in [0, 0.05) is 17.8 Å². The second-order valence-electron chi connectivity index (χ2n) is 7.63. The first-order valence-electron chi connectivity index (χ1n) is 10.5. The number of aromatic nitrogens is 2. The highest BCUT2D eigenvalue weighted by Gasteiger charge is 2.25. The van der Waals surface area contributed by atoms with E-state index in [1.807, 2.05) is 48.5 Å². The third-order valence-corrected chi connectivity index (χ3v) is 6.56. The van der Waals surface area contributed by atoms with E-state index in [9.17, 15) is 4.79 Å². The summed E-state index contributed by atoms with van der Waals surface area (Å²) in [4.78, 5) is 17.8. The van der Waals surface area contributed by atoms with Crippen LogP contribution in [0.2, 0.25) is 0 Å². The molecule has 1 aliphatic heterocycles. The molecule has 0 N–H and O–H groups in total. The smallest absolute Gasteiger partial charge is 0.253 e. The van der Waals surface area contributed by atoms with Crippen molar-refractivity contribution >= 4 is 23.4 Å². The van der Waals surface area contributed by atoms with Crippen LogP contribution in [0, 0.1) is 0 Å². The van der Waals surface area contributed by atoms with Gasteiger partial charge in [-0.05, 0) is 43.4 Å². The maximum absolute atomic E-state index is 12.8. The molecule has 0 spiro atoms. The van der Waals surface area contributed by atoms with Gasteiger partial charge in [-0.1, -0.05) is 60.3 Å². The monoisotopic (exact) mass is 416 g/mol. The van der Waals surface area contributed by atoms with Crippen molar-refractivity contribution in [3.05, 3.63) is 77.6 Å². The van der Waals surface area contributed by atoms with Gasteiger partial charge in [0.2, 0.25) is 0 Å². The Morgan fingerprint density at radius 2 is 1.67 bits per heavy atom. The topological polar surface area (TPSA) is 50.5 Å². The molecule has 2 heterocycles. The minimum atomic E-state index is 0.0338. The second kappa shape index (κ2) is 8.48. The Hall–Kier alpha value is -2.86. The Kier molecular flexibility index (Phi) is 5.41. The van der Waals surface area contributed by atoms with Gasteiger partial charge >= 0.3 is 0 Å². The predicted octanol–water partition coefficient (Wildman–Crippen LogP) is 4.48. The minimum Gasteiger partial charge on any atom is -0.292 e. The van der Waals surface area contributed by atoms with Crippen LogP contribution in [0.3, 0.4) is 0 Å². The molecule has 1 aromatic heterocycles. The van der Waals surface area contributed by atoms with Crippen LogP contribution in [0.15, 0.2) is 70.9 Å². The number of nitrogens with zero attached hydrogens (tertiary/aromatic N) is 4. The maximum atomic E-state index is 12.8. The van der Waals surface area contributed by atoms with E-state index in [0.717, 1.165) is 41.4 Å². The van der Waals surface area contributed by atoms with Crippen molar-refractivity contribution in [1.82, 2.24) is 14.6 Å². The van der Waals surface area contributed by atoms with Crippen molar-refractivity contribution in [1.29, 1.82) is 0 Å². The maximum Gasteiger partial charge on any atom is 0.253 e. The van der Waals surface area contributed by atoms with Gasteiger partial charge in [-0.2, -0.15) is 5.10 Å². The number of para-hydroxylation sites is 1. The number of carbonyl (C=O) groups is 1. The molecule has 6 heteroatoms. The van der Waals surface area contributed by atoms with Crippen LogP contribution in [0.1, 0.15) is 36.2 Å². The third kappa shape index (κ3) is 3.79. The number of rotatable bonds is 5. The molecule has 0 saturated carbocycles. The van der Waals surface area contributed by atoms with E-state index >= 15 is 0 Å². The number of hydrazone groups is 1. The Labute approximate surface area is 180 Å². The summed E-state index contributed by atoms with van der Waals surface area (Å²) in [5, 5.41) is 7.10. The number of benzene rings is 2. The fourth-order valence-electron chi connectivity index (χ4n) is 4.13. The summed E-state index contributed by atoms with van der Waals surface area (Å²) in [6, 6.07) is 20.4. The molecule has 5 rings (SSSR count). The third-order valence-electron chi connectivity index (χ3n) is 5.64. The lowest BCUT2D eigenvalue weighted by atomic mass is 10.0. The molecule has 152 valence electrons. The van der Waals surface area contributed by atoms with E-state index in [-0.39, 0.29) is 5.91 Å². The summed E-state index contributed by atoms with van der Waals surface area (Å²) in [5.74, 6) is 0.375. The highest BCUT2D eigenvalue weighted by atomic mass is 32.2. The normalized spacial score (nSPS) is 15.7. The number of amides is 1. The molecule has 0 radical (unpaired) electrons. The van der Waals surface area contributed by atoms with Crippen molar-refractivity contribution in [2.45, 2.75) is 37.3 Å². The molecular weight excluding hydrogens is 392 g/mol. The molecule has 2 aromatic carbocycles. The van der Waals surface area contributed by atoms with Crippen LogP contribution in [-0.2, 0) is 17.6 Å². The molecule has 1 aliphatic carbocycles. The Morgan fingerprint density at radius 1 is 0.933 bits per heavy atom. The fraction of sp³-hybridized carbons (Fsp3) is 0.292. The minimum absolute atomic E-state index is 0.0338. The molecule has 0 bridgehead atoms. The number of imidazole rings is 1. The molecule has 0 saturated heterocycles.